The molecule has 0 saturated heterocycles. The van der Waals surface area contributed by atoms with Crippen molar-refractivity contribution in [3.05, 3.63) is 56.2 Å². The highest BCUT2D eigenvalue weighted by molar-refractivity contribution is 6.02. The molecule has 0 aliphatic carbocycles. The van der Waals surface area contributed by atoms with Crippen LogP contribution >= 0.6 is 0 Å². The van der Waals surface area contributed by atoms with Gasteiger partial charge in [0.25, 0.3) is 5.56 Å². The van der Waals surface area contributed by atoms with Crippen molar-refractivity contribution in [1.82, 2.24) is 9.55 Å². The van der Waals surface area contributed by atoms with E-state index in [1.807, 2.05) is 4.98 Å². The fraction of sp³-hybridized carbons (Fsp3) is 0.278. The van der Waals surface area contributed by atoms with Crippen LogP contribution in [0.5, 0.6) is 0 Å². The van der Waals surface area contributed by atoms with Gasteiger partial charge in [0.15, 0.2) is 6.61 Å². The Kier molecular flexibility index (Phi) is 6.48. The summed E-state index contributed by atoms with van der Waals surface area (Å²) < 4.78 is 6.02. The number of amides is 1. The van der Waals surface area contributed by atoms with Gasteiger partial charge in [-0.05, 0) is 24.6 Å². The van der Waals surface area contributed by atoms with Crippen molar-refractivity contribution in [2.24, 2.45) is 0 Å². The number of esters is 1. The summed E-state index contributed by atoms with van der Waals surface area (Å²) in [5, 5.41) is 2.52. The molecular weight excluding hydrogens is 368 g/mol. The quantitative estimate of drug-likeness (QED) is 0.462. The summed E-state index contributed by atoms with van der Waals surface area (Å²) in [6.45, 7) is 2.61. The zero-order valence-electron chi connectivity index (χ0n) is 15.4. The number of Topliss-reactive ketones (excluding diaryl/α,β-unsaturated/α-hetero) is 1. The molecule has 0 atom stereocenters. The number of ketones is 1. The van der Waals surface area contributed by atoms with Gasteiger partial charge in [-0.3, -0.25) is 23.9 Å². The largest absolute Gasteiger partial charge is 0.454 e. The van der Waals surface area contributed by atoms with Crippen LogP contribution in [-0.2, 0) is 16.1 Å². The lowest BCUT2D eigenvalue weighted by Crippen LogP contribution is -2.37. The number of benzene rings is 1. The summed E-state index contributed by atoms with van der Waals surface area (Å²) in [6.07, 6.45) is 0.559. The molecule has 0 fully saturated rings. The average molecular weight is 388 g/mol. The molecule has 1 aromatic carbocycles. The summed E-state index contributed by atoms with van der Waals surface area (Å²) in [6, 6.07) is 5.95. The first-order chi connectivity index (χ1) is 13.2. The minimum atomic E-state index is -0.941. The molecule has 0 spiro atoms. The fourth-order valence-electron chi connectivity index (χ4n) is 2.52. The highest BCUT2D eigenvalue weighted by atomic mass is 16.5. The maximum atomic E-state index is 12.4. The zero-order chi connectivity index (χ0) is 20.8. The predicted molar refractivity (Wildman–Crippen MR) is 101 cm³/mol. The van der Waals surface area contributed by atoms with Crippen LogP contribution in [0.4, 0.5) is 11.5 Å². The highest BCUT2D eigenvalue weighted by Gasteiger charge is 2.21. The number of anilines is 2. The summed E-state index contributed by atoms with van der Waals surface area (Å²) in [7, 11) is 0. The third kappa shape index (κ3) is 4.72. The molecule has 148 valence electrons. The minimum absolute atomic E-state index is 0.108. The molecule has 0 saturated carbocycles. The maximum absolute atomic E-state index is 12.4. The van der Waals surface area contributed by atoms with Gasteiger partial charge < -0.3 is 15.8 Å². The van der Waals surface area contributed by atoms with Crippen molar-refractivity contribution in [1.29, 1.82) is 0 Å². The fourth-order valence-corrected chi connectivity index (χ4v) is 2.52. The van der Waals surface area contributed by atoms with E-state index in [9.17, 15) is 24.0 Å². The smallest absolute Gasteiger partial charge is 0.338 e. The van der Waals surface area contributed by atoms with Gasteiger partial charge in [-0.1, -0.05) is 13.0 Å². The van der Waals surface area contributed by atoms with E-state index in [4.69, 9.17) is 10.5 Å². The van der Waals surface area contributed by atoms with Gasteiger partial charge in [0.05, 0.1) is 5.56 Å². The number of carbonyl (C=O) groups excluding carboxylic acids is 3. The Morgan fingerprint density at radius 2 is 1.96 bits per heavy atom. The summed E-state index contributed by atoms with van der Waals surface area (Å²) >= 11 is 0. The van der Waals surface area contributed by atoms with Crippen LogP contribution in [0, 0.1) is 0 Å². The Labute approximate surface area is 159 Å². The number of aromatic amines is 1. The normalized spacial score (nSPS) is 10.4. The maximum Gasteiger partial charge on any atom is 0.338 e. The van der Waals surface area contributed by atoms with E-state index in [0.717, 1.165) is 4.57 Å². The van der Waals surface area contributed by atoms with Gasteiger partial charge in [0.1, 0.15) is 11.4 Å². The molecule has 2 aromatic rings. The number of hydrogen-bond donors (Lipinski definition) is 3. The van der Waals surface area contributed by atoms with Crippen molar-refractivity contribution < 1.29 is 19.1 Å². The molecule has 0 unspecified atom stereocenters. The molecule has 1 heterocycles. The molecule has 0 aliphatic heterocycles. The number of nitrogens with zero attached hydrogens (tertiary/aromatic N) is 1. The van der Waals surface area contributed by atoms with E-state index in [0.29, 0.717) is 12.1 Å². The van der Waals surface area contributed by atoms with E-state index < -0.39 is 35.2 Å². The van der Waals surface area contributed by atoms with Gasteiger partial charge in [0, 0.05) is 19.2 Å². The number of ether oxygens (including phenoxy) is 1. The number of nitrogens with one attached hydrogen (secondary N) is 2. The molecular formula is C18H20N4O6. The topological polar surface area (TPSA) is 153 Å². The molecule has 1 amide bonds. The molecule has 10 nitrogen and oxygen atoms in total. The van der Waals surface area contributed by atoms with E-state index >= 15 is 0 Å². The van der Waals surface area contributed by atoms with E-state index in [1.54, 1.807) is 13.0 Å². The van der Waals surface area contributed by atoms with E-state index in [-0.39, 0.29) is 23.8 Å². The Hall–Kier alpha value is -3.69. The van der Waals surface area contributed by atoms with Crippen LogP contribution in [0.15, 0.2) is 33.9 Å². The Morgan fingerprint density at radius 3 is 2.61 bits per heavy atom. The lowest BCUT2D eigenvalue weighted by molar-refractivity contribution is -0.114. The lowest BCUT2D eigenvalue weighted by atomic mass is 10.2. The van der Waals surface area contributed by atoms with E-state index in [1.165, 1.54) is 25.1 Å². The SMILES string of the molecule is CCCn1c(N)c(C(=O)COC(=O)c2cccc(NC(C)=O)c2)c(=O)[nH]c1=O. The monoisotopic (exact) mass is 388 g/mol. The summed E-state index contributed by atoms with van der Waals surface area (Å²) in [5.41, 5.74) is 4.20. The Bertz CT molecular complexity index is 1040. The van der Waals surface area contributed by atoms with Gasteiger partial charge in [-0.25, -0.2) is 9.59 Å². The molecule has 0 aliphatic rings. The van der Waals surface area contributed by atoms with Crippen LogP contribution in [0.1, 0.15) is 41.0 Å². The lowest BCUT2D eigenvalue weighted by Gasteiger charge is -2.11. The number of aromatic nitrogens is 2. The number of nitrogen functional groups attached to an aromatic ring is 1. The van der Waals surface area contributed by atoms with Crippen molar-refractivity contribution in [2.45, 2.75) is 26.8 Å². The number of carbonyl (C=O) groups is 3. The first-order valence-electron chi connectivity index (χ1n) is 8.45. The first-order valence-corrected chi connectivity index (χ1v) is 8.45. The molecule has 0 bridgehead atoms. The standard InChI is InChI=1S/C18H20N4O6/c1-3-7-22-15(19)14(16(25)21-18(22)27)13(24)9-28-17(26)11-5-4-6-12(8-11)20-10(2)23/h4-6,8H,3,7,9,19H2,1-2H3,(H,20,23)(H,21,25,27). The number of hydrogen-bond acceptors (Lipinski definition) is 7. The summed E-state index contributed by atoms with van der Waals surface area (Å²) in [4.78, 5) is 61.4. The van der Waals surface area contributed by atoms with Crippen LogP contribution in [-0.4, -0.2) is 33.8 Å². The van der Waals surface area contributed by atoms with Gasteiger partial charge in [0.2, 0.25) is 11.7 Å². The number of nitrogens with two attached hydrogens (primary N) is 1. The molecule has 28 heavy (non-hydrogen) atoms. The minimum Gasteiger partial charge on any atom is -0.454 e. The predicted octanol–water partition coefficient (Wildman–Crippen LogP) is 0.527. The third-order valence-corrected chi connectivity index (χ3v) is 3.72. The van der Waals surface area contributed by atoms with Gasteiger partial charge >= 0.3 is 11.7 Å². The van der Waals surface area contributed by atoms with Crippen LogP contribution in [0.3, 0.4) is 0 Å². The van der Waals surface area contributed by atoms with Crippen molar-refractivity contribution >= 4 is 29.2 Å². The summed E-state index contributed by atoms with van der Waals surface area (Å²) in [5.74, 6) is -2.24. The highest BCUT2D eigenvalue weighted by Crippen LogP contribution is 2.12. The van der Waals surface area contributed by atoms with Crippen molar-refractivity contribution in [3.8, 4) is 0 Å². The first kappa shape index (κ1) is 20.6. The second-order valence-electron chi connectivity index (χ2n) is 5.93. The average Bonchev–Trinajstić information content (AvgIpc) is 2.62. The second kappa shape index (κ2) is 8.80. The molecule has 0 radical (unpaired) electrons. The number of H-pyrrole nitrogens is 1. The third-order valence-electron chi connectivity index (χ3n) is 3.72. The van der Waals surface area contributed by atoms with Gasteiger partial charge in [-0.15, -0.1) is 0 Å². The van der Waals surface area contributed by atoms with E-state index in [2.05, 4.69) is 5.32 Å². The van der Waals surface area contributed by atoms with Crippen LogP contribution in [0.2, 0.25) is 0 Å². The van der Waals surface area contributed by atoms with Crippen molar-refractivity contribution in [2.75, 3.05) is 17.7 Å². The molecule has 10 heteroatoms. The number of rotatable bonds is 7. The molecule has 4 N–H and O–H groups in total. The van der Waals surface area contributed by atoms with Crippen LogP contribution < -0.4 is 22.3 Å². The second-order valence-corrected chi connectivity index (χ2v) is 5.93. The molecule has 1 aromatic heterocycles. The van der Waals surface area contributed by atoms with Gasteiger partial charge in [-0.2, -0.15) is 0 Å². The Morgan fingerprint density at radius 1 is 1.25 bits per heavy atom. The Balaban J connectivity index is 2.17. The zero-order valence-corrected chi connectivity index (χ0v) is 15.4. The molecule has 2 rings (SSSR count). The van der Waals surface area contributed by atoms with Crippen LogP contribution in [0.25, 0.3) is 0 Å². The van der Waals surface area contributed by atoms with Crippen molar-refractivity contribution in [3.63, 3.8) is 0 Å².